The summed E-state index contributed by atoms with van der Waals surface area (Å²) in [7, 11) is 1.68. The number of hydrogen-bond donors (Lipinski definition) is 1. The lowest BCUT2D eigenvalue weighted by Crippen LogP contribution is -2.34. The van der Waals surface area contributed by atoms with E-state index in [1.54, 1.807) is 18.6 Å². The van der Waals surface area contributed by atoms with Gasteiger partial charge in [-0.2, -0.15) is 4.37 Å². The number of nitrogens with zero attached hydrogens (tertiary/aromatic N) is 1. The van der Waals surface area contributed by atoms with Gasteiger partial charge in [0.15, 0.2) is 0 Å². The van der Waals surface area contributed by atoms with Gasteiger partial charge in [-0.25, -0.2) is 0 Å². The molecule has 1 heterocycles. The van der Waals surface area contributed by atoms with Crippen molar-refractivity contribution in [3.05, 3.63) is 35.2 Å². The lowest BCUT2D eigenvalue weighted by atomic mass is 10.1. The van der Waals surface area contributed by atoms with Gasteiger partial charge in [0.1, 0.15) is 5.75 Å². The maximum absolute atomic E-state index is 5.24. The van der Waals surface area contributed by atoms with Crippen LogP contribution in [0.3, 0.4) is 0 Å². The Bertz CT molecular complexity index is 543. The lowest BCUT2D eigenvalue weighted by molar-refractivity contribution is 0.415. The number of aromatic nitrogens is 1. The molecule has 0 bridgehead atoms. The summed E-state index contributed by atoms with van der Waals surface area (Å²) in [5, 5.41) is 3.47. The van der Waals surface area contributed by atoms with Gasteiger partial charge in [-0.15, -0.1) is 0 Å². The van der Waals surface area contributed by atoms with Gasteiger partial charge in [-0.1, -0.05) is 12.1 Å². The largest absolute Gasteiger partial charge is 0.497 e. The third kappa shape index (κ3) is 4.04. The van der Waals surface area contributed by atoms with Gasteiger partial charge < -0.3 is 10.1 Å². The van der Waals surface area contributed by atoms with Crippen molar-refractivity contribution < 1.29 is 4.74 Å². The maximum Gasteiger partial charge on any atom is 0.119 e. The van der Waals surface area contributed by atoms with E-state index in [1.165, 1.54) is 4.88 Å². The van der Waals surface area contributed by atoms with E-state index >= 15 is 0 Å². The van der Waals surface area contributed by atoms with Crippen LogP contribution in [-0.2, 0) is 6.54 Å². The quantitative estimate of drug-likeness (QED) is 0.924. The Labute approximate surface area is 118 Å². The molecule has 4 heteroatoms. The molecule has 0 radical (unpaired) electrons. The Morgan fingerprint density at radius 3 is 2.74 bits per heavy atom. The lowest BCUT2D eigenvalue weighted by Gasteiger charge is -2.19. The number of ether oxygens (including phenoxy) is 1. The van der Waals surface area contributed by atoms with E-state index in [-0.39, 0.29) is 5.54 Å². The fraction of sp³-hybridized carbons (Fsp3) is 0.400. The zero-order chi connectivity index (χ0) is 13.9. The smallest absolute Gasteiger partial charge is 0.119 e. The summed E-state index contributed by atoms with van der Waals surface area (Å²) >= 11 is 1.55. The Hall–Kier alpha value is -1.39. The fourth-order valence-electron chi connectivity index (χ4n) is 1.67. The molecule has 0 saturated carbocycles. The molecule has 0 unspecified atom stereocenters. The molecule has 0 atom stereocenters. The summed E-state index contributed by atoms with van der Waals surface area (Å²) in [5.74, 6) is 0.861. The van der Waals surface area contributed by atoms with E-state index in [1.807, 2.05) is 18.2 Å². The molecule has 0 aliphatic rings. The highest BCUT2D eigenvalue weighted by Gasteiger charge is 2.10. The highest BCUT2D eigenvalue weighted by molar-refractivity contribution is 7.06. The third-order valence-electron chi connectivity index (χ3n) is 2.72. The molecule has 1 aromatic carbocycles. The summed E-state index contributed by atoms with van der Waals surface area (Å²) in [5.41, 5.74) is 2.23. The molecule has 0 spiro atoms. The number of benzene rings is 1. The number of nitrogens with one attached hydrogen (secondary N) is 1. The summed E-state index contributed by atoms with van der Waals surface area (Å²) in [6.07, 6.45) is 0. The van der Waals surface area contributed by atoms with E-state index in [2.05, 4.69) is 42.6 Å². The normalized spacial score (nSPS) is 11.6. The molecule has 1 aromatic heterocycles. The Morgan fingerprint density at radius 2 is 2.05 bits per heavy atom. The zero-order valence-electron chi connectivity index (χ0n) is 11.9. The second-order valence-corrected chi connectivity index (χ2v) is 6.40. The molecule has 2 rings (SSSR count). The first-order chi connectivity index (χ1) is 8.98. The first kappa shape index (κ1) is 14.0. The van der Waals surface area contributed by atoms with Crippen LogP contribution in [-0.4, -0.2) is 17.0 Å². The van der Waals surface area contributed by atoms with Crippen molar-refractivity contribution >= 4 is 11.5 Å². The summed E-state index contributed by atoms with van der Waals surface area (Å²) in [6.45, 7) is 7.34. The molecule has 0 aliphatic carbocycles. The number of rotatable bonds is 4. The van der Waals surface area contributed by atoms with E-state index in [0.717, 1.165) is 23.6 Å². The molecule has 0 fully saturated rings. The Balaban J connectivity index is 2.12. The van der Waals surface area contributed by atoms with Crippen molar-refractivity contribution in [1.29, 1.82) is 0 Å². The molecule has 0 saturated heterocycles. The Morgan fingerprint density at radius 1 is 1.26 bits per heavy atom. The molecular formula is C15H20N2OS. The standard InChI is InChI=1S/C15H20N2OS/c1-15(2,3)16-10-13-9-14(17-19-13)11-6-5-7-12(8-11)18-4/h5-9,16H,10H2,1-4H3. The van der Waals surface area contributed by atoms with Gasteiger partial charge in [0.25, 0.3) is 0 Å². The summed E-state index contributed by atoms with van der Waals surface area (Å²) < 4.78 is 9.75. The van der Waals surface area contributed by atoms with Crippen LogP contribution in [0.25, 0.3) is 11.3 Å². The monoisotopic (exact) mass is 276 g/mol. The highest BCUT2D eigenvalue weighted by Crippen LogP contribution is 2.25. The molecule has 102 valence electrons. The Kier molecular flexibility index (Phi) is 4.22. The molecular weight excluding hydrogens is 256 g/mol. The van der Waals surface area contributed by atoms with Gasteiger partial charge >= 0.3 is 0 Å². The minimum Gasteiger partial charge on any atom is -0.497 e. The molecule has 2 aromatic rings. The first-order valence-corrected chi connectivity index (χ1v) is 7.10. The van der Waals surface area contributed by atoms with Crippen LogP contribution >= 0.6 is 11.5 Å². The van der Waals surface area contributed by atoms with Crippen LogP contribution < -0.4 is 10.1 Å². The highest BCUT2D eigenvalue weighted by atomic mass is 32.1. The van der Waals surface area contributed by atoms with Crippen LogP contribution in [0.15, 0.2) is 30.3 Å². The summed E-state index contributed by atoms with van der Waals surface area (Å²) in [4.78, 5) is 1.24. The van der Waals surface area contributed by atoms with Crippen LogP contribution in [0.2, 0.25) is 0 Å². The predicted octanol–water partition coefficient (Wildman–Crippen LogP) is 3.71. The molecule has 1 N–H and O–H groups in total. The topological polar surface area (TPSA) is 34.1 Å². The minimum atomic E-state index is 0.125. The van der Waals surface area contributed by atoms with Crippen molar-refractivity contribution in [2.24, 2.45) is 0 Å². The predicted molar refractivity (Wildman–Crippen MR) is 80.7 cm³/mol. The average molecular weight is 276 g/mol. The second kappa shape index (κ2) is 5.72. The first-order valence-electron chi connectivity index (χ1n) is 6.33. The number of methoxy groups -OCH3 is 1. The second-order valence-electron chi connectivity index (χ2n) is 5.51. The van der Waals surface area contributed by atoms with Crippen molar-refractivity contribution in [2.45, 2.75) is 32.9 Å². The molecule has 3 nitrogen and oxygen atoms in total. The minimum absolute atomic E-state index is 0.125. The molecule has 0 aliphatic heterocycles. The molecule has 0 amide bonds. The van der Waals surface area contributed by atoms with Crippen LogP contribution in [0.1, 0.15) is 25.6 Å². The van der Waals surface area contributed by atoms with Crippen LogP contribution in [0.5, 0.6) is 5.75 Å². The van der Waals surface area contributed by atoms with Gasteiger partial charge in [0, 0.05) is 22.5 Å². The fourth-order valence-corrected chi connectivity index (χ4v) is 2.34. The van der Waals surface area contributed by atoms with Gasteiger partial charge in [-0.05, 0) is 50.5 Å². The van der Waals surface area contributed by atoms with Crippen LogP contribution in [0.4, 0.5) is 0 Å². The summed E-state index contributed by atoms with van der Waals surface area (Å²) in [6, 6.07) is 10.1. The third-order valence-corrected chi connectivity index (χ3v) is 3.50. The van der Waals surface area contributed by atoms with E-state index < -0.39 is 0 Å². The van der Waals surface area contributed by atoms with Gasteiger partial charge in [0.2, 0.25) is 0 Å². The van der Waals surface area contributed by atoms with E-state index in [0.29, 0.717) is 0 Å². The maximum atomic E-state index is 5.24. The van der Waals surface area contributed by atoms with Crippen LogP contribution in [0, 0.1) is 0 Å². The zero-order valence-corrected chi connectivity index (χ0v) is 12.7. The van der Waals surface area contributed by atoms with Crippen molar-refractivity contribution in [3.63, 3.8) is 0 Å². The van der Waals surface area contributed by atoms with Gasteiger partial charge in [-0.3, -0.25) is 0 Å². The van der Waals surface area contributed by atoms with Crippen molar-refractivity contribution in [3.8, 4) is 17.0 Å². The van der Waals surface area contributed by atoms with E-state index in [9.17, 15) is 0 Å². The van der Waals surface area contributed by atoms with Crippen molar-refractivity contribution in [2.75, 3.05) is 7.11 Å². The average Bonchev–Trinajstić information content (AvgIpc) is 2.84. The van der Waals surface area contributed by atoms with Gasteiger partial charge in [0.05, 0.1) is 12.8 Å². The SMILES string of the molecule is COc1cccc(-c2cc(CNC(C)(C)C)sn2)c1. The van der Waals surface area contributed by atoms with E-state index in [4.69, 9.17) is 4.74 Å². The van der Waals surface area contributed by atoms with Crippen molar-refractivity contribution in [1.82, 2.24) is 9.69 Å². The molecule has 19 heavy (non-hydrogen) atoms. The number of hydrogen-bond acceptors (Lipinski definition) is 4.